The molecule has 0 aliphatic heterocycles. The number of carbonyl (C=O) groups excluding carboxylic acids is 1. The van der Waals surface area contributed by atoms with Crippen LogP contribution in [0.4, 0.5) is 5.69 Å². The number of aromatic nitrogens is 4. The summed E-state index contributed by atoms with van der Waals surface area (Å²) in [6, 6.07) is 11.3. The average Bonchev–Trinajstić information content (AvgIpc) is 3.32. The maximum atomic E-state index is 12.8. The van der Waals surface area contributed by atoms with Gasteiger partial charge in [0.15, 0.2) is 5.82 Å². The van der Waals surface area contributed by atoms with Crippen LogP contribution in [0, 0.1) is 5.92 Å². The third kappa shape index (κ3) is 4.64. The first-order valence-corrected chi connectivity index (χ1v) is 9.40. The van der Waals surface area contributed by atoms with Gasteiger partial charge in [-0.3, -0.25) is 9.89 Å². The fourth-order valence-electron chi connectivity index (χ4n) is 2.96. The van der Waals surface area contributed by atoms with Gasteiger partial charge in [0.05, 0.1) is 0 Å². The van der Waals surface area contributed by atoms with E-state index in [1.54, 1.807) is 0 Å². The Bertz CT molecular complexity index is 862. The van der Waals surface area contributed by atoms with Crippen LogP contribution in [0.3, 0.4) is 0 Å². The van der Waals surface area contributed by atoms with Crippen LogP contribution in [0.5, 0.6) is 0 Å². The summed E-state index contributed by atoms with van der Waals surface area (Å²) in [5.74, 6) is 2.25. The first kappa shape index (κ1) is 18.9. The van der Waals surface area contributed by atoms with Crippen molar-refractivity contribution in [1.29, 1.82) is 0 Å². The Morgan fingerprint density at radius 3 is 2.33 bits per heavy atom. The molecule has 1 aromatic carbocycles. The second-order valence-corrected chi connectivity index (χ2v) is 7.54. The van der Waals surface area contributed by atoms with Crippen molar-refractivity contribution in [1.82, 2.24) is 19.7 Å². The molecular weight excluding hydrogens is 338 g/mol. The largest absolute Gasteiger partial charge is 0.342 e. The zero-order valence-electron chi connectivity index (χ0n) is 16.3. The number of rotatable bonds is 7. The van der Waals surface area contributed by atoms with Crippen LogP contribution in [0.25, 0.3) is 11.4 Å². The standard InChI is InChI=1S/C21H27N5O/c1-14(2)13-18(26-11-5-6-12-26)21(27)22-17-9-7-16(8-10-17)20-23-19(15(3)4)24-25-20/h5-12,14-15,18H,13H2,1-4H3,(H,22,27)(H,23,24,25)/t18-/m1/s1. The van der Waals surface area contributed by atoms with Crippen LogP contribution in [0.1, 0.15) is 51.9 Å². The van der Waals surface area contributed by atoms with Crippen LogP contribution in [-0.2, 0) is 4.79 Å². The lowest BCUT2D eigenvalue weighted by Gasteiger charge is -2.20. The lowest BCUT2D eigenvalue weighted by Crippen LogP contribution is -2.26. The van der Waals surface area contributed by atoms with Crippen LogP contribution >= 0.6 is 0 Å². The fourth-order valence-corrected chi connectivity index (χ4v) is 2.96. The van der Waals surface area contributed by atoms with E-state index < -0.39 is 0 Å². The van der Waals surface area contributed by atoms with Gasteiger partial charge in [-0.15, -0.1) is 0 Å². The molecule has 2 N–H and O–H groups in total. The second kappa shape index (κ2) is 8.20. The lowest BCUT2D eigenvalue weighted by molar-refractivity contribution is -0.119. The monoisotopic (exact) mass is 365 g/mol. The van der Waals surface area contributed by atoms with E-state index in [9.17, 15) is 4.79 Å². The zero-order chi connectivity index (χ0) is 19.4. The molecule has 6 nitrogen and oxygen atoms in total. The van der Waals surface area contributed by atoms with E-state index in [1.165, 1.54) is 0 Å². The highest BCUT2D eigenvalue weighted by atomic mass is 16.2. The van der Waals surface area contributed by atoms with E-state index in [0.29, 0.717) is 17.7 Å². The Hall–Kier alpha value is -2.89. The third-order valence-electron chi connectivity index (χ3n) is 4.44. The highest BCUT2D eigenvalue weighted by Crippen LogP contribution is 2.23. The van der Waals surface area contributed by atoms with E-state index in [2.05, 4.69) is 48.2 Å². The van der Waals surface area contributed by atoms with Crippen molar-refractivity contribution in [3.8, 4) is 11.4 Å². The van der Waals surface area contributed by atoms with E-state index in [4.69, 9.17) is 0 Å². The van der Waals surface area contributed by atoms with Gasteiger partial charge in [0.25, 0.3) is 0 Å². The Labute approximate surface area is 160 Å². The van der Waals surface area contributed by atoms with Gasteiger partial charge in [0, 0.05) is 29.6 Å². The van der Waals surface area contributed by atoms with Crippen molar-refractivity contribution >= 4 is 11.6 Å². The number of hydrogen-bond acceptors (Lipinski definition) is 3. The van der Waals surface area contributed by atoms with Crippen molar-refractivity contribution in [3.63, 3.8) is 0 Å². The molecule has 3 aromatic rings. The molecule has 0 saturated carbocycles. The summed E-state index contributed by atoms with van der Waals surface area (Å²) >= 11 is 0. The van der Waals surface area contributed by atoms with Crippen LogP contribution in [0.15, 0.2) is 48.8 Å². The first-order chi connectivity index (χ1) is 12.9. The van der Waals surface area contributed by atoms with Crippen molar-refractivity contribution in [2.24, 2.45) is 5.92 Å². The summed E-state index contributed by atoms with van der Waals surface area (Å²) in [5.41, 5.74) is 1.68. The quantitative estimate of drug-likeness (QED) is 0.641. The SMILES string of the molecule is CC(C)C[C@H](C(=O)Nc1ccc(-c2n[nH]c(C(C)C)n2)cc1)n1cccc1. The molecule has 0 fully saturated rings. The molecule has 1 atom stereocenters. The Balaban J connectivity index is 1.72. The Morgan fingerprint density at radius 1 is 1.11 bits per heavy atom. The van der Waals surface area contributed by atoms with E-state index in [0.717, 1.165) is 23.5 Å². The predicted octanol–water partition coefficient (Wildman–Crippen LogP) is 4.62. The summed E-state index contributed by atoms with van der Waals surface area (Å²) in [4.78, 5) is 17.3. The smallest absolute Gasteiger partial charge is 0.247 e. The van der Waals surface area contributed by atoms with Crippen LogP contribution < -0.4 is 5.32 Å². The van der Waals surface area contributed by atoms with Crippen molar-refractivity contribution in [2.75, 3.05) is 5.32 Å². The summed E-state index contributed by atoms with van der Waals surface area (Å²) in [5, 5.41) is 10.3. The number of anilines is 1. The highest BCUT2D eigenvalue weighted by Gasteiger charge is 2.21. The molecule has 2 heterocycles. The Kier molecular flexibility index (Phi) is 5.74. The van der Waals surface area contributed by atoms with Crippen LogP contribution in [0.2, 0.25) is 0 Å². The summed E-state index contributed by atoms with van der Waals surface area (Å²) in [7, 11) is 0. The molecule has 0 saturated heterocycles. The average molecular weight is 365 g/mol. The predicted molar refractivity (Wildman–Crippen MR) is 107 cm³/mol. The Morgan fingerprint density at radius 2 is 1.78 bits per heavy atom. The molecule has 0 spiro atoms. The summed E-state index contributed by atoms with van der Waals surface area (Å²) < 4.78 is 1.96. The summed E-state index contributed by atoms with van der Waals surface area (Å²) in [6.45, 7) is 8.39. The molecule has 3 rings (SSSR count). The van der Waals surface area contributed by atoms with Gasteiger partial charge >= 0.3 is 0 Å². The van der Waals surface area contributed by atoms with Gasteiger partial charge in [0.1, 0.15) is 11.9 Å². The molecule has 27 heavy (non-hydrogen) atoms. The van der Waals surface area contributed by atoms with E-state index in [1.807, 2.05) is 53.4 Å². The number of aromatic amines is 1. The molecule has 6 heteroatoms. The van der Waals surface area contributed by atoms with E-state index in [-0.39, 0.29) is 11.9 Å². The fraction of sp³-hybridized carbons (Fsp3) is 0.381. The first-order valence-electron chi connectivity index (χ1n) is 9.40. The van der Waals surface area contributed by atoms with Gasteiger partial charge in [-0.25, -0.2) is 4.98 Å². The molecule has 0 bridgehead atoms. The highest BCUT2D eigenvalue weighted by molar-refractivity contribution is 5.93. The van der Waals surface area contributed by atoms with Gasteiger partial charge in [-0.05, 0) is 48.7 Å². The number of amides is 1. The summed E-state index contributed by atoms with van der Waals surface area (Å²) in [6.07, 6.45) is 4.66. The van der Waals surface area contributed by atoms with Crippen molar-refractivity contribution in [3.05, 3.63) is 54.6 Å². The number of benzene rings is 1. The molecule has 142 valence electrons. The third-order valence-corrected chi connectivity index (χ3v) is 4.44. The van der Waals surface area contributed by atoms with Crippen molar-refractivity contribution < 1.29 is 4.79 Å². The van der Waals surface area contributed by atoms with Gasteiger partial charge in [-0.1, -0.05) is 27.7 Å². The topological polar surface area (TPSA) is 75.6 Å². The second-order valence-electron chi connectivity index (χ2n) is 7.54. The molecule has 0 aliphatic rings. The minimum absolute atomic E-state index is 0.00682. The maximum Gasteiger partial charge on any atom is 0.247 e. The molecule has 1 amide bonds. The molecule has 0 unspecified atom stereocenters. The number of carbonyl (C=O) groups is 1. The zero-order valence-corrected chi connectivity index (χ0v) is 16.3. The minimum atomic E-state index is -0.221. The van der Waals surface area contributed by atoms with Gasteiger partial charge in [0.2, 0.25) is 5.91 Å². The maximum absolute atomic E-state index is 12.8. The van der Waals surface area contributed by atoms with E-state index >= 15 is 0 Å². The number of nitrogens with zero attached hydrogens (tertiary/aromatic N) is 3. The van der Waals surface area contributed by atoms with Crippen molar-refractivity contribution in [2.45, 2.75) is 46.1 Å². The molecule has 0 radical (unpaired) electrons. The van der Waals surface area contributed by atoms with Crippen LogP contribution in [-0.4, -0.2) is 25.7 Å². The minimum Gasteiger partial charge on any atom is -0.342 e. The van der Waals surface area contributed by atoms with Gasteiger partial charge < -0.3 is 9.88 Å². The number of H-pyrrole nitrogens is 1. The normalized spacial score (nSPS) is 12.5. The number of nitrogens with one attached hydrogen (secondary N) is 2. The number of hydrogen-bond donors (Lipinski definition) is 2. The molecular formula is C21H27N5O. The lowest BCUT2D eigenvalue weighted by atomic mass is 10.0. The molecule has 2 aromatic heterocycles. The van der Waals surface area contributed by atoms with Gasteiger partial charge in [-0.2, -0.15) is 5.10 Å². The molecule has 0 aliphatic carbocycles.